The lowest BCUT2D eigenvalue weighted by Gasteiger charge is -2.16. The third-order valence-electron chi connectivity index (χ3n) is 3.03. The van der Waals surface area contributed by atoms with E-state index in [0.717, 1.165) is 0 Å². The number of aliphatic carboxylic acids is 1. The van der Waals surface area contributed by atoms with Gasteiger partial charge in [-0.15, -0.1) is 0 Å². The minimum atomic E-state index is -1.17. The highest BCUT2D eigenvalue weighted by molar-refractivity contribution is 5.98. The zero-order valence-electron chi connectivity index (χ0n) is 14.1. The first-order valence-electron chi connectivity index (χ1n) is 7.28. The molecule has 0 unspecified atom stereocenters. The molecule has 0 aliphatic heterocycles. The minimum absolute atomic E-state index is 0.00582. The van der Waals surface area contributed by atoms with Gasteiger partial charge in [0, 0.05) is 12.7 Å². The molecule has 0 spiro atoms. The number of methoxy groups -OCH3 is 2. The van der Waals surface area contributed by atoms with Crippen LogP contribution in [-0.2, 0) is 19.1 Å². The fourth-order valence-electron chi connectivity index (χ4n) is 1.75. The van der Waals surface area contributed by atoms with Gasteiger partial charge < -0.3 is 24.1 Å². The van der Waals surface area contributed by atoms with Crippen molar-refractivity contribution in [1.29, 1.82) is 5.26 Å². The molecule has 0 heterocycles. The Labute approximate surface area is 145 Å². The van der Waals surface area contributed by atoms with Gasteiger partial charge in [0.2, 0.25) is 0 Å². The zero-order valence-corrected chi connectivity index (χ0v) is 14.1. The molecule has 0 saturated carbocycles. The van der Waals surface area contributed by atoms with Crippen LogP contribution in [0.2, 0.25) is 0 Å². The van der Waals surface area contributed by atoms with E-state index < -0.39 is 18.0 Å². The number of carboxylic acid groups (broad SMARTS) is 1. The van der Waals surface area contributed by atoms with E-state index in [1.807, 2.05) is 0 Å². The summed E-state index contributed by atoms with van der Waals surface area (Å²) in [7, 11) is 2.85. The molecule has 0 aromatic heterocycles. The first-order chi connectivity index (χ1) is 11.9. The molecule has 134 valence electrons. The lowest BCUT2D eigenvalue weighted by atomic mass is 10.1. The van der Waals surface area contributed by atoms with E-state index in [9.17, 15) is 14.9 Å². The Balaban J connectivity index is 3.19. The summed E-state index contributed by atoms with van der Waals surface area (Å²) in [6.07, 6.45) is 0.101. The summed E-state index contributed by atoms with van der Waals surface area (Å²) in [5.74, 6) is -1.61. The quantitative estimate of drug-likeness (QED) is 0.310. The Bertz CT molecular complexity index is 691. The number of nitrogens with zero attached hydrogens (tertiary/aromatic N) is 1. The maximum absolute atomic E-state index is 11.9. The smallest absolute Gasteiger partial charge is 0.348 e. The van der Waals surface area contributed by atoms with Crippen molar-refractivity contribution >= 4 is 18.0 Å². The molecule has 0 amide bonds. The lowest BCUT2D eigenvalue weighted by Crippen LogP contribution is -2.23. The van der Waals surface area contributed by atoms with Crippen LogP contribution in [0.3, 0.4) is 0 Å². The third kappa shape index (κ3) is 5.82. The Morgan fingerprint density at radius 1 is 1.32 bits per heavy atom. The average molecular weight is 349 g/mol. The van der Waals surface area contributed by atoms with Crippen molar-refractivity contribution < 1.29 is 33.6 Å². The molecule has 0 saturated heterocycles. The van der Waals surface area contributed by atoms with Gasteiger partial charge in [0.05, 0.1) is 13.7 Å². The Morgan fingerprint density at radius 2 is 2.04 bits per heavy atom. The minimum Gasteiger partial charge on any atom is -0.493 e. The number of nitriles is 1. The zero-order chi connectivity index (χ0) is 18.8. The second-order valence-corrected chi connectivity index (χ2v) is 4.78. The summed E-state index contributed by atoms with van der Waals surface area (Å²) < 4.78 is 20.2. The summed E-state index contributed by atoms with van der Waals surface area (Å²) >= 11 is 0. The molecule has 1 atom stereocenters. The molecule has 8 nitrogen and oxygen atoms in total. The molecule has 0 radical (unpaired) electrons. The Morgan fingerprint density at radius 3 is 2.60 bits per heavy atom. The maximum Gasteiger partial charge on any atom is 0.348 e. The topological polar surface area (TPSA) is 115 Å². The first-order valence-corrected chi connectivity index (χ1v) is 7.28. The van der Waals surface area contributed by atoms with Crippen molar-refractivity contribution in [3.8, 4) is 17.6 Å². The summed E-state index contributed by atoms with van der Waals surface area (Å²) in [5.41, 5.74) is 0.0462. The van der Waals surface area contributed by atoms with Gasteiger partial charge >= 0.3 is 11.9 Å². The molecular weight excluding hydrogens is 330 g/mol. The predicted molar refractivity (Wildman–Crippen MR) is 87.1 cm³/mol. The van der Waals surface area contributed by atoms with E-state index >= 15 is 0 Å². The van der Waals surface area contributed by atoms with Gasteiger partial charge in [-0.05, 0) is 19.1 Å². The lowest BCUT2D eigenvalue weighted by molar-refractivity contribution is -0.144. The SMILES string of the molecule is COCCOC(=O)/C(C#N)=C/c1cccc(OC)c1O[C@H](C)C(=O)O. The fraction of sp³-hybridized carbons (Fsp3) is 0.353. The average Bonchev–Trinajstić information content (AvgIpc) is 2.60. The summed E-state index contributed by atoms with van der Waals surface area (Å²) in [4.78, 5) is 22.9. The number of esters is 1. The molecule has 0 bridgehead atoms. The number of carbonyl (C=O) groups is 2. The van der Waals surface area contributed by atoms with Crippen molar-refractivity contribution in [2.24, 2.45) is 0 Å². The third-order valence-corrected chi connectivity index (χ3v) is 3.03. The Kier molecular flexibility index (Phi) is 7.96. The largest absolute Gasteiger partial charge is 0.493 e. The molecule has 25 heavy (non-hydrogen) atoms. The first kappa shape index (κ1) is 20.0. The van der Waals surface area contributed by atoms with Crippen LogP contribution in [0.15, 0.2) is 23.8 Å². The molecule has 0 aliphatic rings. The highest BCUT2D eigenvalue weighted by Gasteiger charge is 2.19. The summed E-state index contributed by atoms with van der Waals surface area (Å²) in [6.45, 7) is 1.56. The summed E-state index contributed by atoms with van der Waals surface area (Å²) in [6, 6.07) is 6.51. The van der Waals surface area contributed by atoms with Gasteiger partial charge in [-0.3, -0.25) is 0 Å². The van der Waals surface area contributed by atoms with Crippen LogP contribution in [0, 0.1) is 11.3 Å². The van der Waals surface area contributed by atoms with Crippen LogP contribution in [0.4, 0.5) is 0 Å². The normalized spacial score (nSPS) is 12.0. The molecule has 8 heteroatoms. The van der Waals surface area contributed by atoms with E-state index in [1.165, 1.54) is 27.2 Å². The number of carboxylic acids is 1. The van der Waals surface area contributed by atoms with Crippen LogP contribution in [-0.4, -0.2) is 50.6 Å². The van der Waals surface area contributed by atoms with Crippen molar-refractivity contribution in [2.45, 2.75) is 13.0 Å². The van der Waals surface area contributed by atoms with Gasteiger partial charge in [0.25, 0.3) is 0 Å². The maximum atomic E-state index is 11.9. The molecular formula is C17H19NO7. The van der Waals surface area contributed by atoms with E-state index in [-0.39, 0.29) is 30.3 Å². The molecule has 1 aromatic rings. The monoisotopic (exact) mass is 349 g/mol. The van der Waals surface area contributed by atoms with Gasteiger partial charge in [-0.1, -0.05) is 12.1 Å². The number of para-hydroxylation sites is 1. The van der Waals surface area contributed by atoms with Crippen molar-refractivity contribution in [1.82, 2.24) is 0 Å². The van der Waals surface area contributed by atoms with Crippen molar-refractivity contribution in [3.63, 3.8) is 0 Å². The predicted octanol–water partition coefficient (Wildman–Crippen LogP) is 1.64. The van der Waals surface area contributed by atoms with Crippen molar-refractivity contribution in [2.75, 3.05) is 27.4 Å². The standard InChI is InChI=1S/C17H19NO7/c1-11(16(19)20)25-15-12(5-4-6-14(15)23-3)9-13(10-18)17(21)24-8-7-22-2/h4-6,9,11H,7-8H2,1-3H3,(H,19,20)/b13-9+/t11-/m1/s1. The fourth-order valence-corrected chi connectivity index (χ4v) is 1.75. The van der Waals surface area contributed by atoms with Crippen LogP contribution in [0.25, 0.3) is 6.08 Å². The molecule has 1 N–H and O–H groups in total. The van der Waals surface area contributed by atoms with Crippen LogP contribution < -0.4 is 9.47 Å². The summed E-state index contributed by atoms with van der Waals surface area (Å²) in [5, 5.41) is 18.2. The van der Waals surface area contributed by atoms with Gasteiger partial charge in [0.1, 0.15) is 18.2 Å². The number of benzene rings is 1. The van der Waals surface area contributed by atoms with Gasteiger partial charge in [-0.2, -0.15) is 5.26 Å². The molecule has 1 rings (SSSR count). The highest BCUT2D eigenvalue weighted by Crippen LogP contribution is 2.33. The van der Waals surface area contributed by atoms with E-state index in [1.54, 1.807) is 24.3 Å². The highest BCUT2D eigenvalue weighted by atomic mass is 16.6. The number of hydrogen-bond acceptors (Lipinski definition) is 7. The van der Waals surface area contributed by atoms with Gasteiger partial charge in [0.15, 0.2) is 17.6 Å². The molecule has 0 aliphatic carbocycles. The van der Waals surface area contributed by atoms with E-state index in [2.05, 4.69) is 0 Å². The van der Waals surface area contributed by atoms with Gasteiger partial charge in [-0.25, -0.2) is 9.59 Å². The number of hydrogen-bond donors (Lipinski definition) is 1. The van der Waals surface area contributed by atoms with E-state index in [4.69, 9.17) is 24.1 Å². The van der Waals surface area contributed by atoms with Crippen LogP contribution in [0.1, 0.15) is 12.5 Å². The van der Waals surface area contributed by atoms with Crippen LogP contribution in [0.5, 0.6) is 11.5 Å². The number of carbonyl (C=O) groups excluding carboxylic acids is 1. The molecule has 1 aromatic carbocycles. The van der Waals surface area contributed by atoms with Crippen LogP contribution >= 0.6 is 0 Å². The van der Waals surface area contributed by atoms with E-state index in [0.29, 0.717) is 5.56 Å². The molecule has 0 fully saturated rings. The van der Waals surface area contributed by atoms with Crippen molar-refractivity contribution in [3.05, 3.63) is 29.3 Å². The Hall–Kier alpha value is -3.05. The number of rotatable bonds is 9. The number of ether oxygens (including phenoxy) is 4. The second kappa shape index (κ2) is 9.95. The second-order valence-electron chi connectivity index (χ2n) is 4.78.